The summed E-state index contributed by atoms with van der Waals surface area (Å²) in [5.41, 5.74) is 2.99. The second-order valence-electron chi connectivity index (χ2n) is 6.81. The van der Waals surface area contributed by atoms with Gasteiger partial charge in [0.25, 0.3) is 0 Å². The van der Waals surface area contributed by atoms with Gasteiger partial charge in [-0.1, -0.05) is 26.0 Å². The summed E-state index contributed by atoms with van der Waals surface area (Å²) in [6.45, 7) is 5.27. The molecule has 110 valence electrons. The van der Waals surface area contributed by atoms with E-state index in [-0.39, 0.29) is 0 Å². The normalized spacial score (nSPS) is 27.1. The Kier molecular flexibility index (Phi) is 3.02. The third kappa shape index (κ3) is 2.35. The van der Waals surface area contributed by atoms with Gasteiger partial charge in [0.15, 0.2) is 11.5 Å². The molecule has 3 atom stereocenters. The van der Waals surface area contributed by atoms with Crippen LogP contribution in [0.5, 0.6) is 0 Å². The van der Waals surface area contributed by atoms with Crippen molar-refractivity contribution in [3.8, 4) is 0 Å². The predicted octanol–water partition coefficient (Wildman–Crippen LogP) is 4.58. The molecule has 2 bridgehead atoms. The molecule has 1 fully saturated rings. The highest BCUT2D eigenvalue weighted by Gasteiger charge is 2.35. The highest BCUT2D eigenvalue weighted by atomic mass is 16.3. The Labute approximate surface area is 125 Å². The van der Waals surface area contributed by atoms with E-state index in [1.54, 1.807) is 0 Å². The summed E-state index contributed by atoms with van der Waals surface area (Å²) in [5.74, 6) is 3.58. The fourth-order valence-corrected chi connectivity index (χ4v) is 3.68. The van der Waals surface area contributed by atoms with Gasteiger partial charge in [0.2, 0.25) is 0 Å². The number of hydrogen-bond acceptors (Lipinski definition) is 3. The van der Waals surface area contributed by atoms with Crippen LogP contribution in [0.15, 0.2) is 34.8 Å². The van der Waals surface area contributed by atoms with Crippen LogP contribution in [-0.4, -0.2) is 11.5 Å². The van der Waals surface area contributed by atoms with Crippen LogP contribution in [0.1, 0.15) is 38.5 Å². The van der Waals surface area contributed by atoms with Gasteiger partial charge in [0.05, 0.1) is 0 Å². The van der Waals surface area contributed by atoms with Gasteiger partial charge in [0.1, 0.15) is 5.52 Å². The molecule has 4 rings (SSSR count). The van der Waals surface area contributed by atoms with Crippen molar-refractivity contribution in [1.82, 2.24) is 4.98 Å². The van der Waals surface area contributed by atoms with Crippen LogP contribution in [0.25, 0.3) is 11.1 Å². The summed E-state index contributed by atoms with van der Waals surface area (Å²) in [6, 6.07) is 6.23. The molecule has 0 spiro atoms. The smallest absolute Gasteiger partial charge is 0.198 e. The van der Waals surface area contributed by atoms with Gasteiger partial charge in [-0.05, 0) is 48.8 Å². The molecule has 0 radical (unpaired) electrons. The van der Waals surface area contributed by atoms with Crippen molar-refractivity contribution in [2.24, 2.45) is 17.8 Å². The third-order valence-electron chi connectivity index (χ3n) is 4.88. The molecular formula is C18H22N2O. The molecule has 2 aliphatic carbocycles. The largest absolute Gasteiger partial charge is 0.440 e. The predicted molar refractivity (Wildman–Crippen MR) is 85.4 cm³/mol. The second-order valence-corrected chi connectivity index (χ2v) is 6.81. The molecule has 1 aromatic carbocycles. The van der Waals surface area contributed by atoms with Crippen LogP contribution >= 0.6 is 0 Å². The van der Waals surface area contributed by atoms with Crippen molar-refractivity contribution >= 4 is 16.8 Å². The molecule has 1 saturated carbocycles. The first kappa shape index (κ1) is 12.9. The molecular weight excluding hydrogens is 260 g/mol. The van der Waals surface area contributed by atoms with E-state index in [1.807, 2.05) is 6.07 Å². The molecule has 1 N–H and O–H groups in total. The van der Waals surface area contributed by atoms with Gasteiger partial charge in [0, 0.05) is 18.2 Å². The van der Waals surface area contributed by atoms with E-state index >= 15 is 0 Å². The molecule has 1 aromatic heterocycles. The maximum atomic E-state index is 5.75. The van der Waals surface area contributed by atoms with Crippen LogP contribution in [-0.2, 0) is 0 Å². The van der Waals surface area contributed by atoms with Gasteiger partial charge < -0.3 is 9.73 Å². The van der Waals surface area contributed by atoms with Gasteiger partial charge in [-0.15, -0.1) is 0 Å². The first-order valence-corrected chi connectivity index (χ1v) is 8.01. The zero-order chi connectivity index (χ0) is 14.4. The van der Waals surface area contributed by atoms with E-state index in [9.17, 15) is 0 Å². The number of anilines is 1. The van der Waals surface area contributed by atoms with Crippen LogP contribution in [0, 0.1) is 17.8 Å². The van der Waals surface area contributed by atoms with Gasteiger partial charge >= 0.3 is 0 Å². The molecule has 2 aliphatic rings. The lowest BCUT2D eigenvalue weighted by molar-refractivity contribution is 0.472. The Balaban J connectivity index is 1.47. The van der Waals surface area contributed by atoms with E-state index in [2.05, 4.69) is 48.4 Å². The molecule has 0 aliphatic heterocycles. The summed E-state index contributed by atoms with van der Waals surface area (Å²) in [5, 5.41) is 3.59. The quantitative estimate of drug-likeness (QED) is 0.834. The minimum Gasteiger partial charge on any atom is -0.440 e. The van der Waals surface area contributed by atoms with E-state index < -0.39 is 0 Å². The number of fused-ring (bicyclic) bond motifs is 3. The minimum absolute atomic E-state index is 0.328. The Bertz CT molecular complexity index is 686. The van der Waals surface area contributed by atoms with Crippen molar-refractivity contribution in [3.63, 3.8) is 0 Å². The lowest BCUT2D eigenvalue weighted by Crippen LogP contribution is -2.18. The average molecular weight is 282 g/mol. The highest BCUT2D eigenvalue weighted by Crippen LogP contribution is 2.43. The number of allylic oxidation sites excluding steroid dienone is 2. The number of nitrogens with zero attached hydrogens (tertiary/aromatic N) is 1. The number of aromatic nitrogens is 1. The van der Waals surface area contributed by atoms with E-state index in [0.717, 1.165) is 47.0 Å². The fraction of sp³-hybridized carbons (Fsp3) is 0.500. The lowest BCUT2D eigenvalue weighted by Gasteiger charge is -2.19. The summed E-state index contributed by atoms with van der Waals surface area (Å²) in [4.78, 5) is 4.57. The van der Waals surface area contributed by atoms with Crippen LogP contribution in [0.3, 0.4) is 0 Å². The van der Waals surface area contributed by atoms with Crippen LogP contribution in [0.2, 0.25) is 0 Å². The summed E-state index contributed by atoms with van der Waals surface area (Å²) in [6.07, 6.45) is 7.52. The van der Waals surface area contributed by atoms with Crippen LogP contribution < -0.4 is 5.32 Å². The van der Waals surface area contributed by atoms with Gasteiger partial charge in [-0.25, -0.2) is 4.98 Å². The second kappa shape index (κ2) is 4.90. The Morgan fingerprint density at radius 1 is 1.29 bits per heavy atom. The zero-order valence-electron chi connectivity index (χ0n) is 12.7. The molecule has 21 heavy (non-hydrogen) atoms. The number of benzene rings is 1. The topological polar surface area (TPSA) is 38.1 Å². The maximum absolute atomic E-state index is 5.75. The number of oxazole rings is 1. The minimum atomic E-state index is 0.328. The molecule has 1 heterocycles. The van der Waals surface area contributed by atoms with Crippen molar-refractivity contribution in [2.75, 3.05) is 11.9 Å². The zero-order valence-corrected chi connectivity index (χ0v) is 12.7. The number of nitrogens with one attached hydrogen (secondary N) is 1. The van der Waals surface area contributed by atoms with Crippen molar-refractivity contribution in [2.45, 2.75) is 32.6 Å². The van der Waals surface area contributed by atoms with E-state index in [4.69, 9.17) is 4.42 Å². The molecule has 3 nitrogen and oxygen atoms in total. The highest BCUT2D eigenvalue weighted by molar-refractivity contribution is 5.77. The van der Waals surface area contributed by atoms with Gasteiger partial charge in [-0.3, -0.25) is 0 Å². The first-order valence-electron chi connectivity index (χ1n) is 8.01. The maximum Gasteiger partial charge on any atom is 0.198 e. The Morgan fingerprint density at radius 2 is 2.19 bits per heavy atom. The molecule has 3 heteroatoms. The summed E-state index contributed by atoms with van der Waals surface area (Å²) in [7, 11) is 0. The SMILES string of the molecule is CC(C)c1nc2cc(NCC3CC4C=CC3C4)ccc2o1. The number of hydrogen-bond donors (Lipinski definition) is 1. The fourth-order valence-electron chi connectivity index (χ4n) is 3.68. The first-order chi connectivity index (χ1) is 10.2. The number of rotatable bonds is 4. The average Bonchev–Trinajstić information content (AvgIpc) is 3.18. The summed E-state index contributed by atoms with van der Waals surface area (Å²) >= 11 is 0. The van der Waals surface area contributed by atoms with Crippen molar-refractivity contribution in [1.29, 1.82) is 0 Å². The molecule has 3 unspecified atom stereocenters. The monoisotopic (exact) mass is 282 g/mol. The summed E-state index contributed by atoms with van der Waals surface area (Å²) < 4.78 is 5.75. The Hall–Kier alpha value is -1.77. The Morgan fingerprint density at radius 3 is 2.90 bits per heavy atom. The van der Waals surface area contributed by atoms with E-state index in [0.29, 0.717) is 5.92 Å². The third-order valence-corrected chi connectivity index (χ3v) is 4.88. The van der Waals surface area contributed by atoms with Crippen molar-refractivity contribution in [3.05, 3.63) is 36.2 Å². The van der Waals surface area contributed by atoms with E-state index in [1.165, 1.54) is 12.8 Å². The molecule has 0 saturated heterocycles. The van der Waals surface area contributed by atoms with Crippen molar-refractivity contribution < 1.29 is 4.42 Å². The molecule has 2 aromatic rings. The van der Waals surface area contributed by atoms with Gasteiger partial charge in [-0.2, -0.15) is 0 Å². The lowest BCUT2D eigenvalue weighted by atomic mass is 9.93. The molecule has 0 amide bonds. The van der Waals surface area contributed by atoms with Crippen LogP contribution in [0.4, 0.5) is 5.69 Å². The standard InChI is InChI=1S/C18H22N2O/c1-11(2)18-20-16-9-15(5-6-17(16)21-18)19-10-14-8-12-3-4-13(14)7-12/h3-6,9,11-14,19H,7-8,10H2,1-2H3.